The SMILES string of the molecule is Cc1nc(C2CC2)sc1C(=O)NCc1ccncc1. The molecule has 0 atom stereocenters. The predicted molar refractivity (Wildman–Crippen MR) is 74.2 cm³/mol. The zero-order chi connectivity index (χ0) is 13.2. The number of carbonyl (C=O) groups excluding carboxylic acids is 1. The van der Waals surface area contributed by atoms with Crippen molar-refractivity contribution in [3.8, 4) is 0 Å². The van der Waals surface area contributed by atoms with E-state index in [1.165, 1.54) is 24.2 Å². The van der Waals surface area contributed by atoms with Gasteiger partial charge in [-0.05, 0) is 37.5 Å². The molecule has 0 spiro atoms. The Labute approximate surface area is 115 Å². The summed E-state index contributed by atoms with van der Waals surface area (Å²) in [6.07, 6.45) is 5.88. The van der Waals surface area contributed by atoms with Crippen LogP contribution in [0.4, 0.5) is 0 Å². The van der Waals surface area contributed by atoms with Crippen molar-refractivity contribution in [1.29, 1.82) is 0 Å². The molecule has 0 saturated heterocycles. The topological polar surface area (TPSA) is 54.9 Å². The van der Waals surface area contributed by atoms with E-state index in [1.807, 2.05) is 19.1 Å². The van der Waals surface area contributed by atoms with Crippen LogP contribution in [0.25, 0.3) is 0 Å². The van der Waals surface area contributed by atoms with E-state index < -0.39 is 0 Å². The summed E-state index contributed by atoms with van der Waals surface area (Å²) in [5.74, 6) is 0.573. The van der Waals surface area contributed by atoms with Crippen LogP contribution in [0.15, 0.2) is 24.5 Å². The zero-order valence-electron chi connectivity index (χ0n) is 10.7. The lowest BCUT2D eigenvalue weighted by Gasteiger charge is -2.03. The summed E-state index contributed by atoms with van der Waals surface area (Å²) in [5, 5.41) is 4.05. The summed E-state index contributed by atoms with van der Waals surface area (Å²) in [5.41, 5.74) is 1.90. The Balaban J connectivity index is 1.66. The van der Waals surface area contributed by atoms with Gasteiger partial charge in [-0.1, -0.05) is 0 Å². The number of carbonyl (C=O) groups is 1. The molecule has 3 rings (SSSR count). The number of aryl methyl sites for hydroxylation is 1. The van der Waals surface area contributed by atoms with E-state index in [1.54, 1.807) is 12.4 Å². The van der Waals surface area contributed by atoms with Crippen molar-refractivity contribution >= 4 is 17.2 Å². The molecule has 2 aromatic heterocycles. The number of amides is 1. The molecule has 0 radical (unpaired) electrons. The van der Waals surface area contributed by atoms with Gasteiger partial charge in [0.1, 0.15) is 4.88 Å². The molecule has 0 unspecified atom stereocenters. The second-order valence-corrected chi connectivity index (χ2v) is 5.81. The normalized spacial score (nSPS) is 14.4. The molecule has 2 heterocycles. The second kappa shape index (κ2) is 5.09. The van der Waals surface area contributed by atoms with Crippen LogP contribution in [0.3, 0.4) is 0 Å². The van der Waals surface area contributed by atoms with E-state index >= 15 is 0 Å². The van der Waals surface area contributed by atoms with Crippen molar-refractivity contribution in [1.82, 2.24) is 15.3 Å². The Morgan fingerprint density at radius 2 is 2.16 bits per heavy atom. The minimum Gasteiger partial charge on any atom is -0.347 e. The standard InChI is InChI=1S/C14H15N3OS/c1-9-12(19-14(17-9)11-2-3-11)13(18)16-8-10-4-6-15-7-5-10/h4-7,11H,2-3,8H2,1H3,(H,16,18). The summed E-state index contributed by atoms with van der Waals surface area (Å²) < 4.78 is 0. The van der Waals surface area contributed by atoms with Crippen molar-refractivity contribution < 1.29 is 4.79 Å². The first-order chi connectivity index (χ1) is 9.24. The minimum atomic E-state index is -0.0290. The molecule has 4 nitrogen and oxygen atoms in total. The molecule has 1 amide bonds. The third-order valence-corrected chi connectivity index (χ3v) is 4.47. The second-order valence-electron chi connectivity index (χ2n) is 4.78. The molecule has 1 aliphatic carbocycles. The molecule has 0 bridgehead atoms. The highest BCUT2D eigenvalue weighted by molar-refractivity contribution is 7.13. The summed E-state index contributed by atoms with van der Waals surface area (Å²) in [6.45, 7) is 2.43. The van der Waals surface area contributed by atoms with Gasteiger partial charge in [0, 0.05) is 24.9 Å². The van der Waals surface area contributed by atoms with Crippen LogP contribution in [-0.2, 0) is 6.54 Å². The minimum absolute atomic E-state index is 0.0290. The number of pyridine rings is 1. The molecule has 1 saturated carbocycles. The van der Waals surface area contributed by atoms with E-state index in [2.05, 4.69) is 15.3 Å². The molecule has 1 fully saturated rings. The highest BCUT2D eigenvalue weighted by atomic mass is 32.1. The van der Waals surface area contributed by atoms with E-state index in [-0.39, 0.29) is 5.91 Å². The number of rotatable bonds is 4. The first-order valence-corrected chi connectivity index (χ1v) is 7.20. The van der Waals surface area contributed by atoms with Crippen LogP contribution in [0, 0.1) is 6.92 Å². The monoisotopic (exact) mass is 273 g/mol. The van der Waals surface area contributed by atoms with E-state index in [4.69, 9.17) is 0 Å². The average molecular weight is 273 g/mol. The third-order valence-electron chi connectivity index (χ3n) is 3.15. The number of hydrogen-bond donors (Lipinski definition) is 1. The molecule has 1 N–H and O–H groups in total. The molecule has 2 aromatic rings. The molecule has 19 heavy (non-hydrogen) atoms. The number of nitrogens with zero attached hydrogens (tertiary/aromatic N) is 2. The quantitative estimate of drug-likeness (QED) is 0.931. The van der Waals surface area contributed by atoms with Crippen molar-refractivity contribution in [2.24, 2.45) is 0 Å². The van der Waals surface area contributed by atoms with Gasteiger partial charge in [0.2, 0.25) is 0 Å². The van der Waals surface area contributed by atoms with Crippen LogP contribution >= 0.6 is 11.3 Å². The van der Waals surface area contributed by atoms with Crippen molar-refractivity contribution in [3.05, 3.63) is 45.7 Å². The van der Waals surface area contributed by atoms with Crippen LogP contribution < -0.4 is 5.32 Å². The van der Waals surface area contributed by atoms with Gasteiger partial charge in [-0.15, -0.1) is 11.3 Å². The fraction of sp³-hybridized carbons (Fsp3) is 0.357. The Bertz CT molecular complexity index is 590. The maximum absolute atomic E-state index is 12.1. The number of thiazole rings is 1. The number of hydrogen-bond acceptors (Lipinski definition) is 4. The molecule has 98 valence electrons. The van der Waals surface area contributed by atoms with Crippen LogP contribution in [0.1, 0.15) is 44.7 Å². The summed E-state index contributed by atoms with van der Waals surface area (Å²) in [7, 11) is 0. The first kappa shape index (κ1) is 12.3. The Morgan fingerprint density at radius 1 is 1.42 bits per heavy atom. The largest absolute Gasteiger partial charge is 0.347 e. The maximum atomic E-state index is 12.1. The zero-order valence-corrected chi connectivity index (χ0v) is 11.5. The maximum Gasteiger partial charge on any atom is 0.263 e. The lowest BCUT2D eigenvalue weighted by molar-refractivity contribution is 0.0954. The van der Waals surface area contributed by atoms with Crippen LogP contribution in [0.5, 0.6) is 0 Å². The smallest absolute Gasteiger partial charge is 0.263 e. The van der Waals surface area contributed by atoms with Gasteiger partial charge in [-0.3, -0.25) is 9.78 Å². The van der Waals surface area contributed by atoms with Crippen LogP contribution in [0.2, 0.25) is 0 Å². The fourth-order valence-corrected chi connectivity index (χ4v) is 3.05. The van der Waals surface area contributed by atoms with Crippen molar-refractivity contribution in [2.75, 3.05) is 0 Å². The van der Waals surface area contributed by atoms with E-state index in [0.29, 0.717) is 12.5 Å². The predicted octanol–water partition coefficient (Wildman–Crippen LogP) is 2.65. The molecular formula is C14H15N3OS. The fourth-order valence-electron chi connectivity index (χ4n) is 1.90. The highest BCUT2D eigenvalue weighted by Gasteiger charge is 2.28. The van der Waals surface area contributed by atoms with Gasteiger partial charge in [0.05, 0.1) is 10.7 Å². The number of nitrogens with one attached hydrogen (secondary N) is 1. The summed E-state index contributed by atoms with van der Waals surface area (Å²) >= 11 is 1.54. The van der Waals surface area contributed by atoms with Gasteiger partial charge in [0.25, 0.3) is 5.91 Å². The molecule has 0 aromatic carbocycles. The Hall–Kier alpha value is -1.75. The molecular weight excluding hydrogens is 258 g/mol. The molecule has 5 heteroatoms. The van der Waals surface area contributed by atoms with Gasteiger partial charge in [-0.25, -0.2) is 4.98 Å². The van der Waals surface area contributed by atoms with E-state index in [9.17, 15) is 4.79 Å². The van der Waals surface area contributed by atoms with Crippen LogP contribution in [-0.4, -0.2) is 15.9 Å². The summed E-state index contributed by atoms with van der Waals surface area (Å²) in [4.78, 5) is 21.3. The Kier molecular flexibility index (Phi) is 3.29. The molecule has 0 aliphatic heterocycles. The lowest BCUT2D eigenvalue weighted by atomic mass is 10.2. The van der Waals surface area contributed by atoms with Crippen molar-refractivity contribution in [3.63, 3.8) is 0 Å². The summed E-state index contributed by atoms with van der Waals surface area (Å²) in [6, 6.07) is 3.80. The average Bonchev–Trinajstić information content (AvgIpc) is 3.21. The third kappa shape index (κ3) is 2.81. The molecule has 1 aliphatic rings. The highest BCUT2D eigenvalue weighted by Crippen LogP contribution is 2.42. The van der Waals surface area contributed by atoms with Gasteiger partial charge in [0.15, 0.2) is 0 Å². The van der Waals surface area contributed by atoms with Crippen molar-refractivity contribution in [2.45, 2.75) is 32.2 Å². The Morgan fingerprint density at radius 3 is 2.84 bits per heavy atom. The van der Waals surface area contributed by atoms with Gasteiger partial charge < -0.3 is 5.32 Å². The first-order valence-electron chi connectivity index (χ1n) is 6.38. The van der Waals surface area contributed by atoms with E-state index in [0.717, 1.165) is 21.1 Å². The van der Waals surface area contributed by atoms with Gasteiger partial charge in [-0.2, -0.15) is 0 Å². The number of aromatic nitrogens is 2. The van der Waals surface area contributed by atoms with Gasteiger partial charge >= 0.3 is 0 Å². The lowest BCUT2D eigenvalue weighted by Crippen LogP contribution is -2.22.